The van der Waals surface area contributed by atoms with Gasteiger partial charge in [-0.25, -0.2) is 0 Å². The van der Waals surface area contributed by atoms with Gasteiger partial charge in [-0.05, 0) is 68.2 Å². The highest BCUT2D eigenvalue weighted by Crippen LogP contribution is 2.48. The van der Waals surface area contributed by atoms with E-state index in [0.717, 1.165) is 22.8 Å². The predicted octanol–water partition coefficient (Wildman–Crippen LogP) is 4.43. The summed E-state index contributed by atoms with van der Waals surface area (Å²) in [5.41, 5.74) is 1.30. The molecule has 0 heterocycles. The molecule has 0 amide bonds. The maximum Gasteiger partial charge on any atom is 0.0409 e. The Hall–Kier alpha value is -0.530. The van der Waals surface area contributed by atoms with E-state index in [-0.39, 0.29) is 0 Å². The lowest BCUT2D eigenvalue weighted by Gasteiger charge is -2.24. The van der Waals surface area contributed by atoms with E-state index in [4.69, 9.17) is 11.6 Å². The molecule has 3 rings (SSSR count). The molecule has 18 heavy (non-hydrogen) atoms. The van der Waals surface area contributed by atoms with Crippen molar-refractivity contribution in [3.05, 3.63) is 34.9 Å². The van der Waals surface area contributed by atoms with Gasteiger partial charge in [0.1, 0.15) is 0 Å². The number of fused-ring (bicyclic) bond motifs is 2. The van der Waals surface area contributed by atoms with Crippen molar-refractivity contribution in [3.63, 3.8) is 0 Å². The number of hydrogen-bond acceptors (Lipinski definition) is 1. The van der Waals surface area contributed by atoms with Gasteiger partial charge in [0.15, 0.2) is 0 Å². The second kappa shape index (κ2) is 5.22. The normalized spacial score (nSPS) is 31.8. The maximum atomic E-state index is 6.04. The van der Waals surface area contributed by atoms with Crippen molar-refractivity contribution in [1.29, 1.82) is 0 Å². The zero-order valence-corrected chi connectivity index (χ0v) is 11.8. The van der Waals surface area contributed by atoms with E-state index in [1.54, 1.807) is 0 Å². The van der Waals surface area contributed by atoms with Crippen LogP contribution in [0.15, 0.2) is 24.3 Å². The number of benzene rings is 1. The summed E-state index contributed by atoms with van der Waals surface area (Å²) in [6.45, 7) is 3.41. The Bertz CT molecular complexity index is 417. The summed E-state index contributed by atoms with van der Waals surface area (Å²) >= 11 is 6.04. The van der Waals surface area contributed by atoms with Crippen molar-refractivity contribution in [3.8, 4) is 0 Å². The minimum atomic E-state index is 0.405. The van der Waals surface area contributed by atoms with Gasteiger partial charge in [-0.1, -0.05) is 30.2 Å². The summed E-state index contributed by atoms with van der Waals surface area (Å²) in [6.07, 6.45) is 5.92. The molecule has 0 aromatic heterocycles. The molecule has 1 aromatic rings. The zero-order chi connectivity index (χ0) is 12.5. The average Bonchev–Trinajstić information content (AvgIpc) is 2.98. The van der Waals surface area contributed by atoms with E-state index < -0.39 is 0 Å². The maximum absolute atomic E-state index is 6.04. The van der Waals surface area contributed by atoms with Crippen molar-refractivity contribution < 1.29 is 0 Å². The van der Waals surface area contributed by atoms with Gasteiger partial charge >= 0.3 is 0 Å². The second-order valence-electron chi connectivity index (χ2n) is 6.12. The first-order chi connectivity index (χ1) is 8.72. The van der Waals surface area contributed by atoms with Gasteiger partial charge < -0.3 is 5.32 Å². The third-order valence-corrected chi connectivity index (χ3v) is 5.15. The Balaban J connectivity index is 1.54. The Labute approximate surface area is 115 Å². The minimum absolute atomic E-state index is 0.405. The van der Waals surface area contributed by atoms with Crippen LogP contribution in [0, 0.1) is 17.8 Å². The third kappa shape index (κ3) is 2.57. The van der Waals surface area contributed by atoms with E-state index in [2.05, 4.69) is 24.4 Å². The van der Waals surface area contributed by atoms with Crippen molar-refractivity contribution in [1.82, 2.24) is 5.32 Å². The molecule has 0 radical (unpaired) electrons. The SMILES string of the molecule is C[C@H](NCC1CC2CCC1C2)c1cccc(Cl)c1. The molecule has 1 nitrogen and oxygen atoms in total. The second-order valence-corrected chi connectivity index (χ2v) is 6.56. The molecule has 0 aliphatic heterocycles. The van der Waals surface area contributed by atoms with Gasteiger partial charge in [0.25, 0.3) is 0 Å². The lowest BCUT2D eigenvalue weighted by Crippen LogP contribution is -2.28. The van der Waals surface area contributed by atoms with Crippen LogP contribution in [-0.2, 0) is 0 Å². The van der Waals surface area contributed by atoms with Crippen LogP contribution in [0.3, 0.4) is 0 Å². The standard InChI is InChI=1S/C16H22ClN/c1-11(13-3-2-4-16(17)9-13)18-10-15-8-12-5-6-14(15)7-12/h2-4,9,11-12,14-15,18H,5-8,10H2,1H3/t11-,12?,14?,15?/m0/s1. The van der Waals surface area contributed by atoms with Crippen LogP contribution in [0.2, 0.25) is 5.02 Å². The van der Waals surface area contributed by atoms with E-state index in [1.165, 1.54) is 37.8 Å². The summed E-state index contributed by atoms with van der Waals surface area (Å²) < 4.78 is 0. The molecular weight excluding hydrogens is 242 g/mol. The largest absolute Gasteiger partial charge is 0.310 e. The van der Waals surface area contributed by atoms with Crippen molar-refractivity contribution in [2.24, 2.45) is 17.8 Å². The van der Waals surface area contributed by atoms with Gasteiger partial charge in [-0.3, -0.25) is 0 Å². The highest BCUT2D eigenvalue weighted by molar-refractivity contribution is 6.30. The number of halogens is 1. The Kier molecular flexibility index (Phi) is 3.63. The summed E-state index contributed by atoms with van der Waals surface area (Å²) in [5, 5.41) is 4.53. The van der Waals surface area contributed by atoms with Gasteiger partial charge in [0.05, 0.1) is 0 Å². The topological polar surface area (TPSA) is 12.0 Å². The summed E-state index contributed by atoms with van der Waals surface area (Å²) in [5.74, 6) is 2.97. The Morgan fingerprint density at radius 1 is 1.33 bits per heavy atom. The molecule has 2 fully saturated rings. The molecule has 1 aromatic carbocycles. The van der Waals surface area contributed by atoms with Crippen LogP contribution in [0.1, 0.15) is 44.2 Å². The van der Waals surface area contributed by atoms with Crippen LogP contribution >= 0.6 is 11.6 Å². The lowest BCUT2D eigenvalue weighted by molar-refractivity contribution is 0.309. The molecule has 1 N–H and O–H groups in total. The minimum Gasteiger partial charge on any atom is -0.310 e. The van der Waals surface area contributed by atoms with E-state index in [0.29, 0.717) is 6.04 Å². The molecule has 0 spiro atoms. The van der Waals surface area contributed by atoms with Crippen LogP contribution in [-0.4, -0.2) is 6.54 Å². The van der Waals surface area contributed by atoms with Crippen LogP contribution in [0.5, 0.6) is 0 Å². The fourth-order valence-electron chi connectivity index (χ4n) is 3.85. The smallest absolute Gasteiger partial charge is 0.0409 e. The summed E-state index contributed by atoms with van der Waals surface area (Å²) in [4.78, 5) is 0. The first kappa shape index (κ1) is 12.5. The fourth-order valence-corrected chi connectivity index (χ4v) is 4.05. The van der Waals surface area contributed by atoms with Gasteiger partial charge in [-0.15, -0.1) is 0 Å². The molecule has 3 unspecified atom stereocenters. The van der Waals surface area contributed by atoms with Crippen molar-refractivity contribution >= 4 is 11.6 Å². The van der Waals surface area contributed by atoms with E-state index >= 15 is 0 Å². The Morgan fingerprint density at radius 3 is 2.89 bits per heavy atom. The Morgan fingerprint density at radius 2 is 2.22 bits per heavy atom. The highest BCUT2D eigenvalue weighted by Gasteiger charge is 2.39. The van der Waals surface area contributed by atoms with Crippen LogP contribution in [0.25, 0.3) is 0 Å². The van der Waals surface area contributed by atoms with Crippen molar-refractivity contribution in [2.45, 2.75) is 38.6 Å². The molecule has 2 bridgehead atoms. The van der Waals surface area contributed by atoms with E-state index in [1.807, 2.05) is 12.1 Å². The molecule has 2 aliphatic carbocycles. The highest BCUT2D eigenvalue weighted by atomic mass is 35.5. The molecular formula is C16H22ClN. The van der Waals surface area contributed by atoms with Gasteiger partial charge in [0, 0.05) is 11.1 Å². The molecule has 2 heteroatoms. The fraction of sp³-hybridized carbons (Fsp3) is 0.625. The first-order valence-electron chi connectivity index (χ1n) is 7.21. The molecule has 0 saturated heterocycles. The molecule has 4 atom stereocenters. The van der Waals surface area contributed by atoms with Crippen LogP contribution < -0.4 is 5.32 Å². The van der Waals surface area contributed by atoms with Gasteiger partial charge in [-0.2, -0.15) is 0 Å². The number of rotatable bonds is 4. The number of nitrogens with one attached hydrogen (secondary N) is 1. The predicted molar refractivity (Wildman–Crippen MR) is 76.8 cm³/mol. The zero-order valence-electron chi connectivity index (χ0n) is 11.0. The molecule has 2 saturated carbocycles. The average molecular weight is 264 g/mol. The lowest BCUT2D eigenvalue weighted by atomic mass is 9.88. The third-order valence-electron chi connectivity index (χ3n) is 4.92. The summed E-state index contributed by atoms with van der Waals surface area (Å²) in [7, 11) is 0. The van der Waals surface area contributed by atoms with Crippen LogP contribution in [0.4, 0.5) is 0 Å². The molecule has 2 aliphatic rings. The molecule has 98 valence electrons. The first-order valence-corrected chi connectivity index (χ1v) is 7.59. The monoisotopic (exact) mass is 263 g/mol. The van der Waals surface area contributed by atoms with Gasteiger partial charge in [0.2, 0.25) is 0 Å². The van der Waals surface area contributed by atoms with E-state index in [9.17, 15) is 0 Å². The van der Waals surface area contributed by atoms with Crippen molar-refractivity contribution in [2.75, 3.05) is 6.54 Å². The summed E-state index contributed by atoms with van der Waals surface area (Å²) in [6, 6.07) is 8.61. The quantitative estimate of drug-likeness (QED) is 0.848. The number of hydrogen-bond donors (Lipinski definition) is 1.